The number of benzene rings is 2. The minimum Gasteiger partial charge on any atom is -0.490 e. The van der Waals surface area contributed by atoms with Crippen LogP contribution in [-0.4, -0.2) is 29.2 Å². The number of carbonyl (C=O) groups excluding carboxylic acids is 1. The maximum Gasteiger partial charge on any atom is 0.266 e. The molecule has 4 aromatic rings. The van der Waals surface area contributed by atoms with Crippen LogP contribution in [0.1, 0.15) is 15.2 Å². The van der Waals surface area contributed by atoms with E-state index in [1.807, 2.05) is 22.9 Å². The molecular weight excluding hydrogens is 405 g/mol. The molecule has 0 radical (unpaired) electrons. The lowest BCUT2D eigenvalue weighted by Crippen LogP contribution is -2.14. The molecule has 0 aliphatic heterocycles. The molecule has 0 unspecified atom stereocenters. The number of para-hydroxylation sites is 2. The van der Waals surface area contributed by atoms with Crippen molar-refractivity contribution in [1.82, 2.24) is 9.55 Å². The number of methoxy groups -OCH3 is 1. The fraction of sp³-hybridized carbons (Fsp3) is 0.182. The van der Waals surface area contributed by atoms with E-state index in [2.05, 4.69) is 10.3 Å². The molecule has 0 fully saturated rings. The molecule has 0 bridgehead atoms. The van der Waals surface area contributed by atoms with Crippen LogP contribution < -0.4 is 10.1 Å². The van der Waals surface area contributed by atoms with Gasteiger partial charge in [0.05, 0.1) is 30.0 Å². The normalized spacial score (nSPS) is 11.0. The van der Waals surface area contributed by atoms with Crippen molar-refractivity contribution in [2.24, 2.45) is 0 Å². The minimum absolute atomic E-state index is 0.146. The van der Waals surface area contributed by atoms with Gasteiger partial charge in [0.15, 0.2) is 0 Å². The smallest absolute Gasteiger partial charge is 0.266 e. The van der Waals surface area contributed by atoms with Crippen molar-refractivity contribution < 1.29 is 18.7 Å². The topological polar surface area (TPSA) is 65.4 Å². The van der Waals surface area contributed by atoms with Crippen molar-refractivity contribution in [1.29, 1.82) is 0 Å². The molecule has 2 heterocycles. The predicted octanol–water partition coefficient (Wildman–Crippen LogP) is 4.71. The van der Waals surface area contributed by atoms with Gasteiger partial charge in [0.25, 0.3) is 5.91 Å². The number of nitrogens with one attached hydrogen (secondary N) is 1. The van der Waals surface area contributed by atoms with Crippen LogP contribution in [0, 0.1) is 5.82 Å². The highest BCUT2D eigenvalue weighted by Gasteiger charge is 2.21. The van der Waals surface area contributed by atoms with Gasteiger partial charge in [-0.15, -0.1) is 11.3 Å². The summed E-state index contributed by atoms with van der Waals surface area (Å²) in [6.07, 6.45) is 5.28. The second-order valence-electron chi connectivity index (χ2n) is 6.55. The number of anilines is 1. The Hall–Kier alpha value is -3.23. The molecule has 0 spiro atoms. The van der Waals surface area contributed by atoms with Crippen LogP contribution in [-0.2, 0) is 17.9 Å². The molecule has 0 atom stereocenters. The molecule has 6 nitrogen and oxygen atoms in total. The molecule has 154 valence electrons. The van der Waals surface area contributed by atoms with Gasteiger partial charge in [0.2, 0.25) is 0 Å². The van der Waals surface area contributed by atoms with Crippen molar-refractivity contribution in [3.63, 3.8) is 0 Å². The van der Waals surface area contributed by atoms with Crippen LogP contribution in [0.25, 0.3) is 10.1 Å². The van der Waals surface area contributed by atoms with E-state index in [0.717, 1.165) is 0 Å². The van der Waals surface area contributed by atoms with Crippen LogP contribution in [0.3, 0.4) is 0 Å². The van der Waals surface area contributed by atoms with Crippen LogP contribution >= 0.6 is 11.3 Å². The van der Waals surface area contributed by atoms with E-state index in [4.69, 9.17) is 9.47 Å². The van der Waals surface area contributed by atoms with Crippen molar-refractivity contribution in [3.8, 4) is 5.75 Å². The summed E-state index contributed by atoms with van der Waals surface area (Å²) in [5.41, 5.74) is 1.10. The van der Waals surface area contributed by atoms with Gasteiger partial charge in [-0.25, -0.2) is 9.37 Å². The number of imidazole rings is 1. The third-order valence-corrected chi connectivity index (χ3v) is 5.76. The van der Waals surface area contributed by atoms with Gasteiger partial charge in [-0.2, -0.15) is 0 Å². The third kappa shape index (κ3) is 4.19. The number of ether oxygens (including phenoxy) is 2. The first-order valence-electron chi connectivity index (χ1n) is 9.35. The Morgan fingerprint density at radius 1 is 1.23 bits per heavy atom. The second-order valence-corrected chi connectivity index (χ2v) is 7.61. The lowest BCUT2D eigenvalue weighted by molar-refractivity contribution is 0.102. The summed E-state index contributed by atoms with van der Waals surface area (Å²) in [4.78, 5) is 17.5. The van der Waals surface area contributed by atoms with Crippen molar-refractivity contribution in [2.75, 3.05) is 19.0 Å². The first kappa shape index (κ1) is 20.1. The molecule has 0 aliphatic carbocycles. The number of carbonyl (C=O) groups is 1. The summed E-state index contributed by atoms with van der Waals surface area (Å²) < 4.78 is 28.1. The summed E-state index contributed by atoms with van der Waals surface area (Å²) in [7, 11) is 1.52. The molecule has 8 heteroatoms. The van der Waals surface area contributed by atoms with E-state index in [-0.39, 0.29) is 18.3 Å². The van der Waals surface area contributed by atoms with Crippen molar-refractivity contribution in [2.45, 2.75) is 13.2 Å². The van der Waals surface area contributed by atoms with E-state index in [1.165, 1.54) is 24.5 Å². The Morgan fingerprint density at radius 3 is 2.90 bits per heavy atom. The molecule has 1 amide bonds. The highest BCUT2D eigenvalue weighted by molar-refractivity contribution is 7.21. The molecular formula is C22H20FN3O3S. The molecule has 4 rings (SSSR count). The fourth-order valence-corrected chi connectivity index (χ4v) is 4.30. The number of rotatable bonds is 8. The van der Waals surface area contributed by atoms with Gasteiger partial charge >= 0.3 is 0 Å². The average Bonchev–Trinajstić information content (AvgIpc) is 3.38. The van der Waals surface area contributed by atoms with Crippen molar-refractivity contribution >= 4 is 33.0 Å². The lowest BCUT2D eigenvalue weighted by Gasteiger charge is -2.13. The van der Waals surface area contributed by atoms with Crippen LogP contribution in [0.5, 0.6) is 5.75 Å². The second kappa shape index (κ2) is 9.06. The number of hydrogen-bond donors (Lipinski definition) is 1. The summed E-state index contributed by atoms with van der Waals surface area (Å²) >= 11 is 1.24. The molecule has 1 N–H and O–H groups in total. The summed E-state index contributed by atoms with van der Waals surface area (Å²) in [5.74, 6) is -0.127. The van der Waals surface area contributed by atoms with Gasteiger partial charge in [-0.1, -0.05) is 18.2 Å². The maximum atomic E-state index is 14.4. The van der Waals surface area contributed by atoms with Gasteiger partial charge in [-0.3, -0.25) is 4.79 Å². The summed E-state index contributed by atoms with van der Waals surface area (Å²) in [5, 5.41) is 3.33. The number of thiophene rings is 1. The number of hydrogen-bond acceptors (Lipinski definition) is 5. The SMILES string of the molecule is COCc1c(C(=O)Nc2ccccc2OCCn2ccnc2)sc2cccc(F)c12. The number of halogens is 1. The Bertz CT molecular complexity index is 1160. The zero-order chi connectivity index (χ0) is 20.9. The molecule has 2 aromatic carbocycles. The van der Waals surface area contributed by atoms with Crippen LogP contribution in [0.4, 0.5) is 10.1 Å². The summed E-state index contributed by atoms with van der Waals surface area (Å²) in [6, 6.07) is 12.0. The highest BCUT2D eigenvalue weighted by Crippen LogP contribution is 2.35. The number of nitrogens with zero attached hydrogens (tertiary/aromatic N) is 2. The molecule has 2 aromatic heterocycles. The number of aromatic nitrogens is 2. The van der Waals surface area contributed by atoms with Gasteiger partial charge in [-0.05, 0) is 24.3 Å². The third-order valence-electron chi connectivity index (χ3n) is 4.56. The monoisotopic (exact) mass is 425 g/mol. The van der Waals surface area contributed by atoms with Crippen LogP contribution in [0.15, 0.2) is 61.2 Å². The Kier molecular flexibility index (Phi) is 6.06. The van der Waals surface area contributed by atoms with Gasteiger partial charge in [0, 0.05) is 35.2 Å². The number of fused-ring (bicyclic) bond motifs is 1. The Morgan fingerprint density at radius 2 is 2.10 bits per heavy atom. The summed E-state index contributed by atoms with van der Waals surface area (Å²) in [6.45, 7) is 1.20. The van der Waals surface area contributed by atoms with E-state index in [9.17, 15) is 9.18 Å². The van der Waals surface area contributed by atoms with Crippen molar-refractivity contribution in [3.05, 3.63) is 77.4 Å². The van der Waals surface area contributed by atoms with E-state index < -0.39 is 0 Å². The molecule has 30 heavy (non-hydrogen) atoms. The van der Waals surface area contributed by atoms with E-state index in [0.29, 0.717) is 45.1 Å². The zero-order valence-electron chi connectivity index (χ0n) is 16.3. The zero-order valence-corrected chi connectivity index (χ0v) is 17.1. The molecule has 0 aliphatic rings. The predicted molar refractivity (Wildman–Crippen MR) is 115 cm³/mol. The van der Waals surface area contributed by atoms with Gasteiger partial charge < -0.3 is 19.4 Å². The Balaban J connectivity index is 1.56. The van der Waals surface area contributed by atoms with E-state index >= 15 is 0 Å². The van der Waals surface area contributed by atoms with E-state index in [1.54, 1.807) is 36.8 Å². The Labute approximate surface area is 176 Å². The number of amides is 1. The van der Waals surface area contributed by atoms with Crippen LogP contribution in [0.2, 0.25) is 0 Å². The highest BCUT2D eigenvalue weighted by atomic mass is 32.1. The minimum atomic E-state index is -0.363. The molecule has 0 saturated carbocycles. The van der Waals surface area contributed by atoms with Gasteiger partial charge in [0.1, 0.15) is 18.2 Å². The molecule has 0 saturated heterocycles. The first-order chi connectivity index (χ1) is 14.7. The average molecular weight is 425 g/mol. The first-order valence-corrected chi connectivity index (χ1v) is 10.2. The lowest BCUT2D eigenvalue weighted by atomic mass is 10.1. The quantitative estimate of drug-likeness (QED) is 0.444. The standard InChI is InChI=1S/C22H20FN3O3S/c1-28-13-15-20-16(23)5-4-8-19(20)30-21(15)22(27)25-17-6-2-3-7-18(17)29-12-11-26-10-9-24-14-26/h2-10,14H,11-13H2,1H3,(H,25,27). The fourth-order valence-electron chi connectivity index (χ4n) is 3.19. The maximum absolute atomic E-state index is 14.4. The largest absolute Gasteiger partial charge is 0.490 e.